The van der Waals surface area contributed by atoms with Gasteiger partial charge in [0.15, 0.2) is 0 Å². The zero-order chi connectivity index (χ0) is 14.5. The average molecular weight is 285 g/mol. The number of rotatable bonds is 6. The van der Waals surface area contributed by atoms with Crippen molar-refractivity contribution < 1.29 is 9.90 Å². The van der Waals surface area contributed by atoms with Crippen molar-refractivity contribution in [1.29, 1.82) is 0 Å². The van der Waals surface area contributed by atoms with Crippen LogP contribution < -0.4 is 5.32 Å². The number of thiazole rings is 1. The normalized spacial score (nSPS) is 13.1. The van der Waals surface area contributed by atoms with E-state index < -0.39 is 5.60 Å². The summed E-state index contributed by atoms with van der Waals surface area (Å²) in [5, 5.41) is 15.6. The monoisotopic (exact) mass is 285 g/mol. The third-order valence-electron chi connectivity index (χ3n) is 2.70. The Morgan fingerprint density at radius 2 is 2.26 bits per heavy atom. The second-order valence-corrected chi connectivity index (χ2v) is 6.03. The van der Waals surface area contributed by atoms with Crippen LogP contribution >= 0.6 is 11.3 Å². The summed E-state index contributed by atoms with van der Waals surface area (Å²) in [6.45, 7) is 8.17. The van der Waals surface area contributed by atoms with Gasteiger partial charge >= 0.3 is 6.03 Å². The van der Waals surface area contributed by atoms with E-state index in [1.165, 1.54) is 11.3 Å². The van der Waals surface area contributed by atoms with Crippen LogP contribution in [0.15, 0.2) is 11.6 Å². The quantitative estimate of drug-likeness (QED) is 0.843. The first-order valence-corrected chi connectivity index (χ1v) is 7.42. The first kappa shape index (κ1) is 15.9. The molecule has 5 nitrogen and oxygen atoms in total. The molecule has 19 heavy (non-hydrogen) atoms. The predicted octanol–water partition coefficient (Wildman–Crippen LogP) is 2.40. The van der Waals surface area contributed by atoms with Crippen LogP contribution in [0.25, 0.3) is 0 Å². The third-order valence-corrected chi connectivity index (χ3v) is 3.59. The number of hydrogen-bond acceptors (Lipinski definition) is 4. The Bertz CT molecular complexity index is 387. The summed E-state index contributed by atoms with van der Waals surface area (Å²) < 4.78 is 0. The molecule has 108 valence electrons. The molecule has 0 fully saturated rings. The number of urea groups is 1. The van der Waals surface area contributed by atoms with Crippen molar-refractivity contribution in [3.05, 3.63) is 16.6 Å². The molecule has 2 amide bonds. The number of amides is 2. The fraction of sp³-hybridized carbons (Fsp3) is 0.692. The van der Waals surface area contributed by atoms with Crippen LogP contribution in [0.4, 0.5) is 4.79 Å². The van der Waals surface area contributed by atoms with Crippen molar-refractivity contribution in [2.75, 3.05) is 13.1 Å². The van der Waals surface area contributed by atoms with E-state index >= 15 is 0 Å². The van der Waals surface area contributed by atoms with Crippen molar-refractivity contribution in [3.63, 3.8) is 0 Å². The molecule has 1 heterocycles. The summed E-state index contributed by atoms with van der Waals surface area (Å²) in [6, 6.07) is -0.227. The zero-order valence-corrected chi connectivity index (χ0v) is 12.8. The maximum absolute atomic E-state index is 12.2. The SMILES string of the molecule is CCC(NC(=O)N(CC)CC(C)(C)O)c1nccs1. The molecule has 0 aromatic carbocycles. The van der Waals surface area contributed by atoms with E-state index in [-0.39, 0.29) is 12.1 Å². The van der Waals surface area contributed by atoms with Crippen LogP contribution in [0.3, 0.4) is 0 Å². The Morgan fingerprint density at radius 3 is 2.68 bits per heavy atom. The molecule has 0 radical (unpaired) electrons. The molecule has 0 aliphatic heterocycles. The van der Waals surface area contributed by atoms with Gasteiger partial charge in [-0.3, -0.25) is 0 Å². The standard InChI is InChI=1S/C13H23N3O2S/c1-5-10(11-14-7-8-19-11)15-12(17)16(6-2)9-13(3,4)18/h7-8,10,18H,5-6,9H2,1-4H3,(H,15,17). The molecule has 0 saturated heterocycles. The molecule has 0 saturated carbocycles. The van der Waals surface area contributed by atoms with Crippen molar-refractivity contribution in [3.8, 4) is 0 Å². The van der Waals surface area contributed by atoms with Crippen molar-refractivity contribution >= 4 is 17.4 Å². The number of aliphatic hydroxyl groups is 1. The highest BCUT2D eigenvalue weighted by Crippen LogP contribution is 2.19. The van der Waals surface area contributed by atoms with Crippen molar-refractivity contribution in [1.82, 2.24) is 15.2 Å². The minimum absolute atomic E-state index is 0.0663. The van der Waals surface area contributed by atoms with E-state index in [0.717, 1.165) is 11.4 Å². The molecule has 2 N–H and O–H groups in total. The highest BCUT2D eigenvalue weighted by molar-refractivity contribution is 7.09. The lowest BCUT2D eigenvalue weighted by molar-refractivity contribution is 0.0475. The minimum atomic E-state index is -0.893. The van der Waals surface area contributed by atoms with Gasteiger partial charge < -0.3 is 15.3 Å². The van der Waals surface area contributed by atoms with Gasteiger partial charge in [-0.15, -0.1) is 11.3 Å². The molecular formula is C13H23N3O2S. The van der Waals surface area contributed by atoms with E-state index in [1.54, 1.807) is 24.9 Å². The van der Waals surface area contributed by atoms with Crippen LogP contribution in [0.1, 0.15) is 45.2 Å². The molecule has 0 bridgehead atoms. The van der Waals surface area contributed by atoms with E-state index in [1.807, 2.05) is 19.2 Å². The molecular weight excluding hydrogens is 262 g/mol. The van der Waals surface area contributed by atoms with E-state index in [2.05, 4.69) is 10.3 Å². The average Bonchev–Trinajstić information content (AvgIpc) is 2.85. The molecule has 0 aliphatic carbocycles. The Hall–Kier alpha value is -1.14. The minimum Gasteiger partial charge on any atom is -0.389 e. The first-order chi connectivity index (χ1) is 8.87. The summed E-state index contributed by atoms with van der Waals surface area (Å²) in [5.74, 6) is 0. The Kier molecular flexibility index (Phi) is 5.75. The number of aromatic nitrogens is 1. The summed E-state index contributed by atoms with van der Waals surface area (Å²) >= 11 is 1.54. The summed E-state index contributed by atoms with van der Waals surface area (Å²) in [6.07, 6.45) is 2.53. The van der Waals surface area contributed by atoms with Gasteiger partial charge in [0.25, 0.3) is 0 Å². The van der Waals surface area contributed by atoms with Crippen molar-refractivity contribution in [2.24, 2.45) is 0 Å². The van der Waals surface area contributed by atoms with Gasteiger partial charge in [-0.05, 0) is 27.2 Å². The molecule has 1 atom stereocenters. The molecule has 1 unspecified atom stereocenters. The highest BCUT2D eigenvalue weighted by Gasteiger charge is 2.23. The number of nitrogens with one attached hydrogen (secondary N) is 1. The topological polar surface area (TPSA) is 65.5 Å². The Labute approximate surface area is 118 Å². The van der Waals surface area contributed by atoms with Gasteiger partial charge in [0.05, 0.1) is 18.2 Å². The van der Waals surface area contributed by atoms with Crippen LogP contribution in [-0.4, -0.2) is 39.7 Å². The molecule has 6 heteroatoms. The van der Waals surface area contributed by atoms with Gasteiger partial charge in [-0.25, -0.2) is 9.78 Å². The third kappa shape index (κ3) is 5.16. The van der Waals surface area contributed by atoms with Gasteiger partial charge in [0.2, 0.25) is 0 Å². The Balaban J connectivity index is 2.65. The lowest BCUT2D eigenvalue weighted by Crippen LogP contribution is -2.47. The fourth-order valence-corrected chi connectivity index (χ4v) is 2.55. The predicted molar refractivity (Wildman–Crippen MR) is 77.2 cm³/mol. The largest absolute Gasteiger partial charge is 0.389 e. The van der Waals surface area contributed by atoms with E-state index in [9.17, 15) is 9.90 Å². The van der Waals surface area contributed by atoms with Crippen LogP contribution in [-0.2, 0) is 0 Å². The van der Waals surface area contributed by atoms with E-state index in [4.69, 9.17) is 0 Å². The second kappa shape index (κ2) is 6.86. The Morgan fingerprint density at radius 1 is 1.58 bits per heavy atom. The van der Waals surface area contributed by atoms with Gasteiger partial charge in [-0.2, -0.15) is 0 Å². The van der Waals surface area contributed by atoms with Crippen LogP contribution in [0, 0.1) is 0 Å². The molecule has 0 spiro atoms. The summed E-state index contributed by atoms with van der Waals surface area (Å²) in [4.78, 5) is 18.0. The summed E-state index contributed by atoms with van der Waals surface area (Å²) in [5.41, 5.74) is -0.893. The lowest BCUT2D eigenvalue weighted by Gasteiger charge is -2.29. The van der Waals surface area contributed by atoms with Crippen LogP contribution in [0.5, 0.6) is 0 Å². The summed E-state index contributed by atoms with van der Waals surface area (Å²) in [7, 11) is 0. The number of carbonyl (C=O) groups excluding carboxylic acids is 1. The number of nitrogens with zero attached hydrogens (tertiary/aromatic N) is 2. The molecule has 1 rings (SSSR count). The molecule has 1 aromatic rings. The number of carbonyl (C=O) groups is 1. The van der Waals surface area contributed by atoms with Gasteiger partial charge in [-0.1, -0.05) is 6.92 Å². The van der Waals surface area contributed by atoms with Gasteiger partial charge in [0.1, 0.15) is 5.01 Å². The van der Waals surface area contributed by atoms with Gasteiger partial charge in [0, 0.05) is 18.1 Å². The maximum atomic E-state index is 12.2. The highest BCUT2D eigenvalue weighted by atomic mass is 32.1. The number of hydrogen-bond donors (Lipinski definition) is 2. The molecule has 0 aliphatic rings. The zero-order valence-electron chi connectivity index (χ0n) is 12.0. The maximum Gasteiger partial charge on any atom is 0.318 e. The molecule has 1 aromatic heterocycles. The number of likely N-dealkylation sites (N-methyl/N-ethyl adjacent to an activating group) is 1. The van der Waals surface area contributed by atoms with Crippen LogP contribution in [0.2, 0.25) is 0 Å². The van der Waals surface area contributed by atoms with E-state index in [0.29, 0.717) is 13.1 Å². The van der Waals surface area contributed by atoms with Crippen molar-refractivity contribution in [2.45, 2.75) is 45.8 Å². The first-order valence-electron chi connectivity index (χ1n) is 6.54. The fourth-order valence-electron chi connectivity index (χ4n) is 1.78. The smallest absolute Gasteiger partial charge is 0.318 e. The lowest BCUT2D eigenvalue weighted by atomic mass is 10.1. The second-order valence-electron chi connectivity index (χ2n) is 5.11.